The quantitative estimate of drug-likeness (QED) is 0.882. The lowest BCUT2D eigenvalue weighted by Gasteiger charge is -2.33. The summed E-state index contributed by atoms with van der Waals surface area (Å²) in [4.78, 5) is 12.5. The molecule has 0 unspecified atom stereocenters. The van der Waals surface area contributed by atoms with E-state index in [0.717, 1.165) is 16.6 Å². The molecule has 1 amide bonds. The normalized spacial score (nSPS) is 16.8. The van der Waals surface area contributed by atoms with Crippen molar-refractivity contribution >= 4 is 38.9 Å². The second kappa shape index (κ2) is 6.53. The van der Waals surface area contributed by atoms with Gasteiger partial charge < -0.3 is 10.1 Å². The van der Waals surface area contributed by atoms with Crippen LogP contribution in [0.1, 0.15) is 0 Å². The first-order valence-electron chi connectivity index (χ1n) is 7.25. The number of nitrogens with one attached hydrogen (secondary N) is 1. The molecular weight excluding hydrogens is 371 g/mol. The second-order valence-corrected chi connectivity index (χ2v) is 7.80. The van der Waals surface area contributed by atoms with E-state index in [2.05, 4.69) is 5.32 Å². The molecule has 6 nitrogen and oxygen atoms in total. The van der Waals surface area contributed by atoms with E-state index >= 15 is 0 Å². The molecule has 0 spiro atoms. The molecular formula is C16H14ClFN2O4S. The van der Waals surface area contributed by atoms with Crippen molar-refractivity contribution in [2.45, 2.75) is 6.10 Å². The van der Waals surface area contributed by atoms with Crippen LogP contribution in [0.25, 0.3) is 0 Å². The molecule has 0 radical (unpaired) electrons. The van der Waals surface area contributed by atoms with Gasteiger partial charge in [0.1, 0.15) is 11.6 Å². The summed E-state index contributed by atoms with van der Waals surface area (Å²) in [6.07, 6.45) is -0.00228. The number of para-hydroxylation sites is 2. The van der Waals surface area contributed by atoms with E-state index in [0.29, 0.717) is 5.69 Å². The number of carbonyl (C=O) groups is 1. The standard InChI is InChI=1S/C16H14ClFN2O4S/c1-25(22,23)20-9-15(24-14-5-3-2-4-13(14)20)16(21)19-10-6-7-12(18)11(17)8-10/h2-8,15H,9H2,1H3,(H,19,21)/t15-/m0/s1. The van der Waals surface area contributed by atoms with Crippen LogP contribution >= 0.6 is 11.6 Å². The van der Waals surface area contributed by atoms with Crippen LogP contribution in [0, 0.1) is 5.82 Å². The van der Waals surface area contributed by atoms with Gasteiger partial charge >= 0.3 is 0 Å². The fraction of sp³-hybridized carbons (Fsp3) is 0.188. The van der Waals surface area contributed by atoms with Crippen molar-refractivity contribution in [2.75, 3.05) is 22.4 Å². The van der Waals surface area contributed by atoms with Gasteiger partial charge in [0.2, 0.25) is 10.0 Å². The molecule has 0 saturated carbocycles. The number of benzene rings is 2. The van der Waals surface area contributed by atoms with E-state index in [1.54, 1.807) is 24.3 Å². The Hall–Kier alpha value is -2.32. The summed E-state index contributed by atoms with van der Waals surface area (Å²) in [5.74, 6) is -0.881. The van der Waals surface area contributed by atoms with Gasteiger partial charge in [0, 0.05) is 5.69 Å². The Morgan fingerprint density at radius 2 is 2.04 bits per heavy atom. The zero-order valence-electron chi connectivity index (χ0n) is 13.1. The minimum Gasteiger partial charge on any atom is -0.476 e. The van der Waals surface area contributed by atoms with Gasteiger partial charge in [-0.15, -0.1) is 0 Å². The third kappa shape index (κ3) is 3.69. The highest BCUT2D eigenvalue weighted by Crippen LogP contribution is 2.34. The lowest BCUT2D eigenvalue weighted by atomic mass is 10.2. The number of fused-ring (bicyclic) bond motifs is 1. The number of hydrogen-bond donors (Lipinski definition) is 1. The second-order valence-electron chi connectivity index (χ2n) is 5.49. The first kappa shape index (κ1) is 17.5. The fourth-order valence-electron chi connectivity index (χ4n) is 2.45. The van der Waals surface area contributed by atoms with Gasteiger partial charge in [-0.25, -0.2) is 12.8 Å². The molecule has 0 bridgehead atoms. The number of nitrogens with zero attached hydrogens (tertiary/aromatic N) is 1. The number of hydrogen-bond acceptors (Lipinski definition) is 4. The third-order valence-corrected chi connectivity index (χ3v) is 5.05. The van der Waals surface area contributed by atoms with E-state index in [9.17, 15) is 17.6 Å². The smallest absolute Gasteiger partial charge is 0.267 e. The predicted octanol–water partition coefficient (Wildman–Crippen LogP) is 2.64. The fourth-order valence-corrected chi connectivity index (χ4v) is 3.54. The number of sulfonamides is 1. The summed E-state index contributed by atoms with van der Waals surface area (Å²) in [5.41, 5.74) is 0.656. The maximum Gasteiger partial charge on any atom is 0.267 e. The number of halogens is 2. The maximum absolute atomic E-state index is 13.2. The van der Waals surface area contributed by atoms with E-state index < -0.39 is 27.9 Å². The molecule has 2 aromatic carbocycles. The number of amides is 1. The largest absolute Gasteiger partial charge is 0.476 e. The highest BCUT2D eigenvalue weighted by atomic mass is 35.5. The molecule has 1 aliphatic heterocycles. The highest BCUT2D eigenvalue weighted by Gasteiger charge is 2.34. The number of carbonyl (C=O) groups excluding carboxylic acids is 1. The lowest BCUT2D eigenvalue weighted by molar-refractivity contribution is -0.122. The van der Waals surface area contributed by atoms with Crippen LogP contribution in [0.3, 0.4) is 0 Å². The third-order valence-electron chi connectivity index (χ3n) is 3.61. The highest BCUT2D eigenvalue weighted by molar-refractivity contribution is 7.92. The van der Waals surface area contributed by atoms with Gasteiger partial charge in [0.15, 0.2) is 6.10 Å². The molecule has 0 aromatic heterocycles. The summed E-state index contributed by atoms with van der Waals surface area (Å²) in [5, 5.41) is 2.41. The Kier molecular flexibility index (Phi) is 4.57. The summed E-state index contributed by atoms with van der Waals surface area (Å²) in [6.45, 7) is -0.170. The van der Waals surface area contributed by atoms with Crippen molar-refractivity contribution in [1.82, 2.24) is 0 Å². The first-order valence-corrected chi connectivity index (χ1v) is 9.47. The molecule has 1 atom stereocenters. The van der Waals surface area contributed by atoms with E-state index in [1.165, 1.54) is 12.1 Å². The summed E-state index contributed by atoms with van der Waals surface area (Å²) < 4.78 is 44.0. The van der Waals surface area contributed by atoms with Crippen LogP contribution in [0.5, 0.6) is 5.75 Å². The van der Waals surface area contributed by atoms with Crippen LogP contribution in [-0.2, 0) is 14.8 Å². The maximum atomic E-state index is 13.2. The molecule has 2 aromatic rings. The SMILES string of the molecule is CS(=O)(=O)N1C[C@@H](C(=O)Nc2ccc(F)c(Cl)c2)Oc2ccccc21. The average Bonchev–Trinajstić information content (AvgIpc) is 2.56. The van der Waals surface area contributed by atoms with Crippen molar-refractivity contribution < 1.29 is 22.3 Å². The molecule has 1 aliphatic rings. The van der Waals surface area contributed by atoms with Crippen molar-refractivity contribution in [3.05, 3.63) is 53.3 Å². The van der Waals surface area contributed by atoms with Gasteiger partial charge in [-0.2, -0.15) is 0 Å². The Morgan fingerprint density at radius 3 is 2.72 bits per heavy atom. The first-order chi connectivity index (χ1) is 11.8. The number of rotatable bonds is 3. The molecule has 3 rings (SSSR count). The Balaban J connectivity index is 1.85. The van der Waals surface area contributed by atoms with Gasteiger partial charge in [0.25, 0.3) is 5.91 Å². The molecule has 132 valence electrons. The molecule has 0 saturated heterocycles. The number of anilines is 2. The van der Waals surface area contributed by atoms with E-state index in [-0.39, 0.29) is 23.0 Å². The Bertz CT molecular complexity index is 935. The zero-order valence-corrected chi connectivity index (χ0v) is 14.6. The van der Waals surface area contributed by atoms with Gasteiger partial charge in [-0.3, -0.25) is 9.10 Å². The van der Waals surface area contributed by atoms with Crippen LogP contribution in [-0.4, -0.2) is 33.2 Å². The zero-order chi connectivity index (χ0) is 18.2. The molecule has 0 aliphatic carbocycles. The summed E-state index contributed by atoms with van der Waals surface area (Å²) in [7, 11) is -3.59. The monoisotopic (exact) mass is 384 g/mol. The Labute approximate surface area is 149 Å². The topological polar surface area (TPSA) is 75.7 Å². The lowest BCUT2D eigenvalue weighted by Crippen LogP contribution is -2.48. The molecule has 1 heterocycles. The molecule has 25 heavy (non-hydrogen) atoms. The van der Waals surface area contributed by atoms with E-state index in [4.69, 9.17) is 16.3 Å². The minimum absolute atomic E-state index is 0.134. The number of ether oxygens (including phenoxy) is 1. The molecule has 1 N–H and O–H groups in total. The predicted molar refractivity (Wildman–Crippen MR) is 93.1 cm³/mol. The molecule has 9 heteroatoms. The average molecular weight is 385 g/mol. The van der Waals surface area contributed by atoms with Crippen molar-refractivity contribution in [2.24, 2.45) is 0 Å². The van der Waals surface area contributed by atoms with Crippen LogP contribution in [0.2, 0.25) is 5.02 Å². The van der Waals surface area contributed by atoms with Crippen molar-refractivity contribution in [3.63, 3.8) is 0 Å². The van der Waals surface area contributed by atoms with Crippen LogP contribution in [0.15, 0.2) is 42.5 Å². The van der Waals surface area contributed by atoms with E-state index in [1.807, 2.05) is 0 Å². The van der Waals surface area contributed by atoms with Gasteiger partial charge in [0.05, 0.1) is 23.5 Å². The van der Waals surface area contributed by atoms with Crippen molar-refractivity contribution in [3.8, 4) is 5.75 Å². The Morgan fingerprint density at radius 1 is 1.32 bits per heavy atom. The van der Waals surface area contributed by atoms with Gasteiger partial charge in [-0.1, -0.05) is 23.7 Å². The van der Waals surface area contributed by atoms with Crippen LogP contribution < -0.4 is 14.4 Å². The van der Waals surface area contributed by atoms with Gasteiger partial charge in [-0.05, 0) is 30.3 Å². The minimum atomic E-state index is -3.59. The molecule has 0 fully saturated rings. The summed E-state index contributed by atoms with van der Waals surface area (Å²) >= 11 is 5.69. The van der Waals surface area contributed by atoms with Crippen molar-refractivity contribution in [1.29, 1.82) is 0 Å². The summed E-state index contributed by atoms with van der Waals surface area (Å²) in [6, 6.07) is 10.3. The van der Waals surface area contributed by atoms with Crippen LogP contribution in [0.4, 0.5) is 15.8 Å².